The maximum absolute atomic E-state index is 12.1. The van der Waals surface area contributed by atoms with Crippen LogP contribution in [0.15, 0.2) is 0 Å². The highest BCUT2D eigenvalue weighted by molar-refractivity contribution is 5.81. The number of likely N-dealkylation sites (N-methyl/N-ethyl adjacent to an activating group) is 1. The van der Waals surface area contributed by atoms with Crippen LogP contribution in [0.3, 0.4) is 0 Å². The smallest absolute Gasteiger partial charge is 0.229 e. The van der Waals surface area contributed by atoms with Gasteiger partial charge in [-0.05, 0) is 13.5 Å². The molecule has 92 valence electrons. The Kier molecular flexibility index (Phi) is 3.19. The number of nitrogens with zero attached hydrogens (tertiary/aromatic N) is 1. The summed E-state index contributed by atoms with van der Waals surface area (Å²) in [4.78, 5) is 13.8. The first-order chi connectivity index (χ1) is 7.53. The van der Waals surface area contributed by atoms with Crippen LogP contribution in [0.1, 0.15) is 13.8 Å². The standard InChI is InChI=1S/C11H20N2O3/c1-3-12-9-5-16-4-8(9)10(14)13-6-11(2,15)7-13/h8-9,12,15H,3-7H2,1-2H3. The lowest BCUT2D eigenvalue weighted by atomic mass is 9.93. The van der Waals surface area contributed by atoms with Crippen LogP contribution in [0, 0.1) is 5.92 Å². The van der Waals surface area contributed by atoms with E-state index in [1.165, 1.54) is 0 Å². The van der Waals surface area contributed by atoms with Crippen molar-refractivity contribution in [3.63, 3.8) is 0 Å². The highest BCUT2D eigenvalue weighted by Crippen LogP contribution is 2.25. The van der Waals surface area contributed by atoms with E-state index in [0.29, 0.717) is 26.3 Å². The molecule has 0 saturated carbocycles. The maximum atomic E-state index is 12.1. The minimum atomic E-state index is -0.692. The van der Waals surface area contributed by atoms with Gasteiger partial charge < -0.3 is 20.1 Å². The molecule has 5 nitrogen and oxygen atoms in total. The van der Waals surface area contributed by atoms with Crippen molar-refractivity contribution in [1.82, 2.24) is 10.2 Å². The Balaban J connectivity index is 1.89. The highest BCUT2D eigenvalue weighted by atomic mass is 16.5. The molecule has 0 radical (unpaired) electrons. The van der Waals surface area contributed by atoms with Crippen LogP contribution >= 0.6 is 0 Å². The summed E-state index contributed by atoms with van der Waals surface area (Å²) in [5.41, 5.74) is -0.692. The summed E-state index contributed by atoms with van der Waals surface area (Å²) in [6, 6.07) is 0.128. The third-order valence-corrected chi connectivity index (χ3v) is 3.24. The molecule has 16 heavy (non-hydrogen) atoms. The van der Waals surface area contributed by atoms with Crippen molar-refractivity contribution in [2.45, 2.75) is 25.5 Å². The summed E-state index contributed by atoms with van der Waals surface area (Å²) in [7, 11) is 0. The number of amides is 1. The number of β-amino-alcohol motifs (C(OH)–C–C–N with tert-alkyl or cyclic N) is 1. The Morgan fingerprint density at radius 2 is 2.25 bits per heavy atom. The topological polar surface area (TPSA) is 61.8 Å². The molecule has 0 aromatic rings. The molecule has 0 spiro atoms. The second kappa shape index (κ2) is 4.31. The zero-order valence-electron chi connectivity index (χ0n) is 9.90. The van der Waals surface area contributed by atoms with Crippen LogP contribution in [-0.4, -0.2) is 60.4 Å². The molecule has 2 aliphatic rings. The van der Waals surface area contributed by atoms with E-state index in [1.54, 1.807) is 11.8 Å². The van der Waals surface area contributed by atoms with E-state index >= 15 is 0 Å². The molecule has 0 aliphatic carbocycles. The van der Waals surface area contributed by atoms with Crippen LogP contribution in [0.5, 0.6) is 0 Å². The molecule has 2 unspecified atom stereocenters. The van der Waals surface area contributed by atoms with Gasteiger partial charge in [-0.1, -0.05) is 6.92 Å². The van der Waals surface area contributed by atoms with Crippen LogP contribution in [-0.2, 0) is 9.53 Å². The SMILES string of the molecule is CCNC1COCC1C(=O)N1CC(C)(O)C1. The molecule has 2 N–H and O–H groups in total. The summed E-state index contributed by atoms with van der Waals surface area (Å²) in [6.45, 7) is 6.61. The maximum Gasteiger partial charge on any atom is 0.229 e. The molecule has 2 aliphatic heterocycles. The van der Waals surface area contributed by atoms with Crippen molar-refractivity contribution in [1.29, 1.82) is 0 Å². The van der Waals surface area contributed by atoms with Crippen molar-refractivity contribution < 1.29 is 14.6 Å². The van der Waals surface area contributed by atoms with Gasteiger partial charge in [-0.15, -0.1) is 0 Å². The Bertz CT molecular complexity index is 272. The quantitative estimate of drug-likeness (QED) is 0.664. The average Bonchev–Trinajstić information content (AvgIpc) is 2.62. The molecule has 2 heterocycles. The van der Waals surface area contributed by atoms with E-state index in [1.807, 2.05) is 6.92 Å². The van der Waals surface area contributed by atoms with Crippen molar-refractivity contribution in [2.75, 3.05) is 32.8 Å². The molecule has 0 bridgehead atoms. The lowest BCUT2D eigenvalue weighted by Crippen LogP contribution is -2.64. The number of rotatable bonds is 3. The van der Waals surface area contributed by atoms with Crippen LogP contribution in [0.25, 0.3) is 0 Å². The summed E-state index contributed by atoms with van der Waals surface area (Å²) >= 11 is 0. The molecule has 2 atom stereocenters. The number of likely N-dealkylation sites (tertiary alicyclic amines) is 1. The largest absolute Gasteiger partial charge is 0.386 e. The number of aliphatic hydroxyl groups is 1. The normalized spacial score (nSPS) is 32.6. The predicted octanol–water partition coefficient (Wildman–Crippen LogP) is -0.796. The predicted molar refractivity (Wildman–Crippen MR) is 59.0 cm³/mol. The van der Waals surface area contributed by atoms with Gasteiger partial charge in [0.2, 0.25) is 5.91 Å². The number of carbonyl (C=O) groups excluding carboxylic acids is 1. The fourth-order valence-electron chi connectivity index (χ4n) is 2.43. The van der Waals surface area contributed by atoms with E-state index in [-0.39, 0.29) is 17.9 Å². The second-order valence-electron chi connectivity index (χ2n) is 5.00. The van der Waals surface area contributed by atoms with Crippen LogP contribution < -0.4 is 5.32 Å². The van der Waals surface area contributed by atoms with E-state index in [2.05, 4.69) is 5.32 Å². The Morgan fingerprint density at radius 1 is 1.56 bits per heavy atom. The minimum Gasteiger partial charge on any atom is -0.386 e. The first-order valence-corrected chi connectivity index (χ1v) is 5.86. The van der Waals surface area contributed by atoms with Gasteiger partial charge in [-0.25, -0.2) is 0 Å². The van der Waals surface area contributed by atoms with E-state index in [4.69, 9.17) is 4.74 Å². The lowest BCUT2D eigenvalue weighted by Gasteiger charge is -2.45. The fourth-order valence-corrected chi connectivity index (χ4v) is 2.43. The van der Waals surface area contributed by atoms with Crippen molar-refractivity contribution in [3.8, 4) is 0 Å². The fraction of sp³-hybridized carbons (Fsp3) is 0.909. The highest BCUT2D eigenvalue weighted by Gasteiger charge is 2.44. The third-order valence-electron chi connectivity index (χ3n) is 3.24. The van der Waals surface area contributed by atoms with Crippen LogP contribution in [0.2, 0.25) is 0 Å². The number of carbonyl (C=O) groups is 1. The molecule has 0 aromatic heterocycles. The molecular formula is C11H20N2O3. The van der Waals surface area contributed by atoms with Crippen LogP contribution in [0.4, 0.5) is 0 Å². The molecule has 2 rings (SSSR count). The van der Waals surface area contributed by atoms with E-state index in [0.717, 1.165) is 6.54 Å². The number of nitrogens with one attached hydrogen (secondary N) is 1. The molecule has 5 heteroatoms. The second-order valence-corrected chi connectivity index (χ2v) is 5.00. The minimum absolute atomic E-state index is 0.0870. The molecule has 2 saturated heterocycles. The van der Waals surface area contributed by atoms with Gasteiger partial charge in [0.1, 0.15) is 0 Å². The van der Waals surface area contributed by atoms with Crippen molar-refractivity contribution in [2.24, 2.45) is 5.92 Å². The Labute approximate surface area is 95.8 Å². The van der Waals surface area contributed by atoms with Gasteiger partial charge in [0.25, 0.3) is 0 Å². The Morgan fingerprint density at radius 3 is 2.81 bits per heavy atom. The zero-order valence-corrected chi connectivity index (χ0v) is 9.90. The van der Waals surface area contributed by atoms with E-state index in [9.17, 15) is 9.90 Å². The van der Waals surface area contributed by atoms with Gasteiger partial charge in [-0.3, -0.25) is 4.79 Å². The first kappa shape index (κ1) is 11.8. The molecule has 0 aromatic carbocycles. The summed E-state index contributed by atoms with van der Waals surface area (Å²) in [5.74, 6) is 0.0195. The Hall–Kier alpha value is -0.650. The number of ether oxygens (including phenoxy) is 1. The summed E-state index contributed by atoms with van der Waals surface area (Å²) in [5, 5.41) is 12.9. The number of hydrogen-bond acceptors (Lipinski definition) is 4. The van der Waals surface area contributed by atoms with Gasteiger partial charge in [0.15, 0.2) is 0 Å². The van der Waals surface area contributed by atoms with Crippen molar-refractivity contribution in [3.05, 3.63) is 0 Å². The van der Waals surface area contributed by atoms with Gasteiger partial charge in [-0.2, -0.15) is 0 Å². The average molecular weight is 228 g/mol. The molecule has 1 amide bonds. The number of hydrogen-bond donors (Lipinski definition) is 2. The van der Waals surface area contributed by atoms with Gasteiger partial charge >= 0.3 is 0 Å². The third kappa shape index (κ3) is 2.21. The first-order valence-electron chi connectivity index (χ1n) is 5.86. The molecular weight excluding hydrogens is 208 g/mol. The van der Waals surface area contributed by atoms with E-state index < -0.39 is 5.60 Å². The zero-order chi connectivity index (χ0) is 11.8. The van der Waals surface area contributed by atoms with Crippen molar-refractivity contribution >= 4 is 5.91 Å². The monoisotopic (exact) mass is 228 g/mol. The molecule has 2 fully saturated rings. The lowest BCUT2D eigenvalue weighted by molar-refractivity contribution is -0.157. The summed E-state index contributed by atoms with van der Waals surface area (Å²) < 4.78 is 5.34. The summed E-state index contributed by atoms with van der Waals surface area (Å²) in [6.07, 6.45) is 0. The van der Waals surface area contributed by atoms with Gasteiger partial charge in [0, 0.05) is 6.04 Å². The van der Waals surface area contributed by atoms with Gasteiger partial charge in [0.05, 0.1) is 37.8 Å².